The van der Waals surface area contributed by atoms with Crippen LogP contribution in [0.2, 0.25) is 0 Å². The van der Waals surface area contributed by atoms with Crippen molar-refractivity contribution in [2.75, 3.05) is 4.90 Å². The molecule has 0 aliphatic heterocycles. The number of aryl methyl sites for hydroxylation is 2. The summed E-state index contributed by atoms with van der Waals surface area (Å²) in [5.74, 6) is 0.892. The average Bonchev–Trinajstić information content (AvgIpc) is 2.70. The second-order valence-electron chi connectivity index (χ2n) is 5.23. The largest absolute Gasteiger partial charge is 0.349 e. The third kappa shape index (κ3) is 2.67. The van der Waals surface area contributed by atoms with Gasteiger partial charge >= 0.3 is 0 Å². The van der Waals surface area contributed by atoms with Crippen molar-refractivity contribution in [3.63, 3.8) is 0 Å². The predicted octanol–water partition coefficient (Wildman–Crippen LogP) is 3.02. The molecule has 0 saturated heterocycles. The van der Waals surface area contributed by atoms with Crippen molar-refractivity contribution >= 4 is 5.82 Å². The van der Waals surface area contributed by atoms with Crippen LogP contribution in [-0.4, -0.2) is 15.8 Å². The maximum Gasteiger partial charge on any atom is 0.145 e. The second kappa shape index (κ2) is 5.79. The molecule has 0 saturated carbocycles. The molecule has 0 fully saturated rings. The predicted molar refractivity (Wildman–Crippen MR) is 80.4 cm³/mol. The number of nitrogens with zero attached hydrogens (tertiary/aromatic N) is 4. The van der Waals surface area contributed by atoms with E-state index in [0.29, 0.717) is 5.56 Å². The topological polar surface area (TPSA) is 44.9 Å². The molecule has 0 unspecified atom stereocenters. The first-order valence-electron chi connectivity index (χ1n) is 6.79. The minimum absolute atomic E-state index is 0.289. The van der Waals surface area contributed by atoms with Gasteiger partial charge in [0.05, 0.1) is 5.69 Å². The van der Waals surface area contributed by atoms with E-state index in [9.17, 15) is 5.26 Å². The van der Waals surface area contributed by atoms with Gasteiger partial charge in [0.1, 0.15) is 17.5 Å². The van der Waals surface area contributed by atoms with E-state index in [1.807, 2.05) is 32.2 Å². The lowest BCUT2D eigenvalue weighted by Gasteiger charge is -2.29. The highest BCUT2D eigenvalue weighted by atomic mass is 15.4. The van der Waals surface area contributed by atoms with E-state index < -0.39 is 0 Å². The number of anilines is 1. The van der Waals surface area contributed by atoms with Crippen molar-refractivity contribution in [2.24, 2.45) is 7.05 Å². The molecule has 0 aliphatic carbocycles. The van der Waals surface area contributed by atoms with Gasteiger partial charge in [-0.3, -0.25) is 4.68 Å². The van der Waals surface area contributed by atoms with E-state index >= 15 is 0 Å². The summed E-state index contributed by atoms with van der Waals surface area (Å²) < 4.78 is 1.80. The smallest absolute Gasteiger partial charge is 0.145 e. The van der Waals surface area contributed by atoms with Gasteiger partial charge in [-0.2, -0.15) is 10.4 Å². The summed E-state index contributed by atoms with van der Waals surface area (Å²) >= 11 is 0. The molecule has 0 atom stereocenters. The van der Waals surface area contributed by atoms with E-state index in [4.69, 9.17) is 0 Å². The third-order valence-electron chi connectivity index (χ3n) is 3.39. The molecule has 1 heterocycles. The molecule has 0 N–H and O–H groups in total. The molecule has 0 bridgehead atoms. The van der Waals surface area contributed by atoms with E-state index in [1.165, 1.54) is 5.56 Å². The van der Waals surface area contributed by atoms with Gasteiger partial charge < -0.3 is 4.90 Å². The molecule has 4 heteroatoms. The van der Waals surface area contributed by atoms with Crippen molar-refractivity contribution in [3.05, 3.63) is 47.2 Å². The summed E-state index contributed by atoms with van der Waals surface area (Å²) in [4.78, 5) is 2.22. The quantitative estimate of drug-likeness (QED) is 0.856. The Morgan fingerprint density at radius 3 is 2.50 bits per heavy atom. The van der Waals surface area contributed by atoms with Gasteiger partial charge in [0, 0.05) is 19.6 Å². The molecular formula is C16H20N4. The summed E-state index contributed by atoms with van der Waals surface area (Å²) in [5.41, 5.74) is 2.67. The fourth-order valence-electron chi connectivity index (χ4n) is 2.39. The van der Waals surface area contributed by atoms with Crippen LogP contribution in [0.3, 0.4) is 0 Å². The molecule has 1 aromatic carbocycles. The fourth-order valence-corrected chi connectivity index (χ4v) is 2.39. The highest BCUT2D eigenvalue weighted by Gasteiger charge is 2.21. The number of rotatable bonds is 4. The molecule has 20 heavy (non-hydrogen) atoms. The van der Waals surface area contributed by atoms with Gasteiger partial charge in [-0.05, 0) is 26.3 Å². The number of benzene rings is 1. The molecule has 1 aromatic heterocycles. The van der Waals surface area contributed by atoms with Crippen LogP contribution in [0, 0.1) is 18.3 Å². The summed E-state index contributed by atoms with van der Waals surface area (Å²) in [7, 11) is 1.89. The van der Waals surface area contributed by atoms with Crippen LogP contribution in [-0.2, 0) is 13.6 Å². The zero-order valence-corrected chi connectivity index (χ0v) is 12.5. The molecule has 0 amide bonds. The Kier molecular flexibility index (Phi) is 4.09. The lowest BCUT2D eigenvalue weighted by Crippen LogP contribution is -2.32. The summed E-state index contributed by atoms with van der Waals surface area (Å²) in [5, 5.41) is 13.8. The molecule has 4 nitrogen and oxygen atoms in total. The van der Waals surface area contributed by atoms with Gasteiger partial charge in [0.25, 0.3) is 0 Å². The van der Waals surface area contributed by atoms with E-state index in [-0.39, 0.29) is 6.04 Å². The lowest BCUT2D eigenvalue weighted by atomic mass is 10.1. The maximum atomic E-state index is 9.38. The summed E-state index contributed by atoms with van der Waals surface area (Å²) in [6, 6.07) is 12.9. The lowest BCUT2D eigenvalue weighted by molar-refractivity contribution is 0.633. The average molecular weight is 268 g/mol. The SMILES string of the molecule is Cc1nn(C)c(N(Cc2ccccc2)C(C)C)c1C#N. The molecule has 2 rings (SSSR count). The minimum atomic E-state index is 0.289. The van der Waals surface area contributed by atoms with Gasteiger partial charge in [-0.15, -0.1) is 0 Å². The first-order chi connectivity index (χ1) is 9.54. The van der Waals surface area contributed by atoms with Crippen molar-refractivity contribution in [2.45, 2.75) is 33.4 Å². The van der Waals surface area contributed by atoms with Crippen LogP contribution in [0.1, 0.15) is 30.7 Å². The number of nitriles is 1. The molecule has 0 radical (unpaired) electrons. The van der Waals surface area contributed by atoms with Crippen molar-refractivity contribution in [3.8, 4) is 6.07 Å². The summed E-state index contributed by atoms with van der Waals surface area (Å²) in [6.45, 7) is 6.91. The van der Waals surface area contributed by atoms with Crippen LogP contribution in [0.25, 0.3) is 0 Å². The van der Waals surface area contributed by atoms with E-state index in [1.54, 1.807) is 4.68 Å². The van der Waals surface area contributed by atoms with Crippen molar-refractivity contribution in [1.82, 2.24) is 9.78 Å². The Morgan fingerprint density at radius 2 is 1.95 bits per heavy atom. The Hall–Kier alpha value is -2.28. The van der Waals surface area contributed by atoms with Gasteiger partial charge in [-0.1, -0.05) is 30.3 Å². The van der Waals surface area contributed by atoms with Crippen LogP contribution < -0.4 is 4.90 Å². The Bertz CT molecular complexity index is 620. The zero-order chi connectivity index (χ0) is 14.7. The van der Waals surface area contributed by atoms with E-state index in [2.05, 4.69) is 42.0 Å². The van der Waals surface area contributed by atoms with Crippen molar-refractivity contribution < 1.29 is 0 Å². The van der Waals surface area contributed by atoms with Crippen molar-refractivity contribution in [1.29, 1.82) is 5.26 Å². The third-order valence-corrected chi connectivity index (χ3v) is 3.39. The Labute approximate surface area is 120 Å². The molecular weight excluding hydrogens is 248 g/mol. The van der Waals surface area contributed by atoms with Crippen LogP contribution in [0.5, 0.6) is 0 Å². The van der Waals surface area contributed by atoms with Crippen LogP contribution in [0.4, 0.5) is 5.82 Å². The zero-order valence-electron chi connectivity index (χ0n) is 12.5. The van der Waals surface area contributed by atoms with Crippen LogP contribution in [0.15, 0.2) is 30.3 Å². The monoisotopic (exact) mass is 268 g/mol. The molecule has 2 aromatic rings. The van der Waals surface area contributed by atoms with E-state index in [0.717, 1.165) is 18.1 Å². The van der Waals surface area contributed by atoms with Gasteiger partial charge in [0.15, 0.2) is 0 Å². The number of hydrogen-bond donors (Lipinski definition) is 0. The maximum absolute atomic E-state index is 9.38. The van der Waals surface area contributed by atoms with Gasteiger partial charge in [-0.25, -0.2) is 0 Å². The number of hydrogen-bond acceptors (Lipinski definition) is 3. The van der Waals surface area contributed by atoms with Gasteiger partial charge in [0.2, 0.25) is 0 Å². The first kappa shape index (κ1) is 14.1. The second-order valence-corrected chi connectivity index (χ2v) is 5.23. The molecule has 104 valence electrons. The normalized spacial score (nSPS) is 10.6. The molecule has 0 spiro atoms. The highest BCUT2D eigenvalue weighted by molar-refractivity contribution is 5.57. The minimum Gasteiger partial charge on any atom is -0.349 e. The Balaban J connectivity index is 2.42. The fraction of sp³-hybridized carbons (Fsp3) is 0.375. The molecule has 0 aliphatic rings. The number of aromatic nitrogens is 2. The Morgan fingerprint density at radius 1 is 1.30 bits per heavy atom. The standard InChI is InChI=1S/C16H20N4/c1-12(2)20(11-14-8-6-5-7-9-14)16-15(10-17)13(3)18-19(16)4/h5-9,12H,11H2,1-4H3. The highest BCUT2D eigenvalue weighted by Crippen LogP contribution is 2.25. The first-order valence-corrected chi connectivity index (χ1v) is 6.79. The summed E-state index contributed by atoms with van der Waals surface area (Å²) in [6.07, 6.45) is 0. The van der Waals surface area contributed by atoms with Crippen LogP contribution >= 0.6 is 0 Å².